The van der Waals surface area contributed by atoms with Crippen LogP contribution in [0.1, 0.15) is 19.4 Å². The van der Waals surface area contributed by atoms with Gasteiger partial charge in [-0.2, -0.15) is 5.26 Å². The molecule has 11 heteroatoms. The molecule has 32 heavy (non-hydrogen) atoms. The third kappa shape index (κ3) is 5.67. The number of hydrogen-bond donors (Lipinski definition) is 2. The van der Waals surface area contributed by atoms with Gasteiger partial charge in [-0.05, 0) is 18.1 Å². The number of rotatable bonds is 10. The van der Waals surface area contributed by atoms with E-state index >= 15 is 0 Å². The van der Waals surface area contributed by atoms with Crippen molar-refractivity contribution in [1.82, 2.24) is 9.55 Å². The summed E-state index contributed by atoms with van der Waals surface area (Å²) in [4.78, 5) is 41.2. The Kier molecular flexibility index (Phi) is 8.43. The van der Waals surface area contributed by atoms with Gasteiger partial charge in [0.2, 0.25) is 0 Å². The van der Waals surface area contributed by atoms with Crippen LogP contribution >= 0.6 is 0 Å². The number of carbonyl (C=O) groups is 1. The fourth-order valence-electron chi connectivity index (χ4n) is 3.00. The Balaban J connectivity index is 2.39. The summed E-state index contributed by atoms with van der Waals surface area (Å²) in [5.74, 6) is -0.0985. The molecular formula is C21H27N5O6. The van der Waals surface area contributed by atoms with Crippen molar-refractivity contribution in [1.29, 1.82) is 5.26 Å². The molecule has 0 saturated heterocycles. The van der Waals surface area contributed by atoms with Crippen LogP contribution in [0, 0.1) is 17.2 Å². The molecule has 1 heterocycles. The Labute approximate surface area is 184 Å². The van der Waals surface area contributed by atoms with E-state index in [1.165, 1.54) is 37.0 Å². The van der Waals surface area contributed by atoms with Crippen LogP contribution in [0.15, 0.2) is 27.8 Å². The van der Waals surface area contributed by atoms with Crippen LogP contribution in [0.5, 0.6) is 11.5 Å². The van der Waals surface area contributed by atoms with Crippen LogP contribution in [0.2, 0.25) is 0 Å². The summed E-state index contributed by atoms with van der Waals surface area (Å²) in [7, 11) is 2.86. The third-order valence-corrected chi connectivity index (χ3v) is 4.50. The average molecular weight is 445 g/mol. The minimum absolute atomic E-state index is 0.0103. The highest BCUT2D eigenvalue weighted by atomic mass is 16.5. The second-order valence-corrected chi connectivity index (χ2v) is 7.30. The van der Waals surface area contributed by atoms with Gasteiger partial charge in [0.1, 0.15) is 5.82 Å². The molecular weight excluding hydrogens is 418 g/mol. The Morgan fingerprint density at radius 1 is 1.28 bits per heavy atom. The molecule has 11 nitrogen and oxygen atoms in total. The number of aromatic nitrogens is 2. The van der Waals surface area contributed by atoms with Crippen molar-refractivity contribution in [2.45, 2.75) is 20.4 Å². The van der Waals surface area contributed by atoms with E-state index in [0.717, 1.165) is 4.90 Å². The Morgan fingerprint density at radius 2 is 2.00 bits per heavy atom. The molecule has 0 aliphatic heterocycles. The molecule has 0 aliphatic rings. The van der Waals surface area contributed by atoms with Crippen LogP contribution in [0.25, 0.3) is 0 Å². The van der Waals surface area contributed by atoms with Gasteiger partial charge >= 0.3 is 5.69 Å². The van der Waals surface area contributed by atoms with Crippen LogP contribution in [0.4, 0.5) is 11.5 Å². The van der Waals surface area contributed by atoms with Crippen molar-refractivity contribution in [3.63, 3.8) is 0 Å². The van der Waals surface area contributed by atoms with E-state index in [-0.39, 0.29) is 48.6 Å². The molecule has 1 aromatic heterocycles. The molecule has 0 unspecified atom stereocenters. The fraction of sp³-hybridized carbons (Fsp3) is 0.429. The molecule has 0 spiro atoms. The number of benzene rings is 1. The van der Waals surface area contributed by atoms with Crippen LogP contribution < -0.4 is 31.4 Å². The molecule has 0 radical (unpaired) electrons. The SMILES string of the molecule is COCCN(C(=O)COc1ccc(C#N)cc1OC)c1c(N)n(CC(C)C)c(=O)[nH]c1=O. The molecule has 2 rings (SSSR count). The fourth-order valence-corrected chi connectivity index (χ4v) is 3.00. The van der Waals surface area contributed by atoms with Gasteiger partial charge in [0, 0.05) is 26.3 Å². The summed E-state index contributed by atoms with van der Waals surface area (Å²) < 4.78 is 17.1. The summed E-state index contributed by atoms with van der Waals surface area (Å²) in [5, 5.41) is 9.01. The number of carbonyl (C=O) groups excluding carboxylic acids is 1. The quantitative estimate of drug-likeness (QED) is 0.542. The topological polar surface area (TPSA) is 153 Å². The molecule has 0 saturated carbocycles. The lowest BCUT2D eigenvalue weighted by Gasteiger charge is -2.25. The van der Waals surface area contributed by atoms with Crippen molar-refractivity contribution >= 4 is 17.4 Å². The van der Waals surface area contributed by atoms with Gasteiger partial charge in [-0.3, -0.25) is 24.0 Å². The summed E-state index contributed by atoms with van der Waals surface area (Å²) in [6.07, 6.45) is 0. The van der Waals surface area contributed by atoms with E-state index in [4.69, 9.17) is 25.2 Å². The molecule has 1 aromatic carbocycles. The minimum atomic E-state index is -0.784. The van der Waals surface area contributed by atoms with Gasteiger partial charge in [-0.15, -0.1) is 0 Å². The standard InChI is InChI=1S/C21H27N5O6/c1-13(2)11-26-19(23)18(20(28)24-21(26)29)25(7-8-30-3)17(27)12-32-15-6-5-14(10-22)9-16(15)31-4/h5-6,9,13H,7-8,11-12,23H2,1-4H3,(H,24,28,29). The van der Waals surface area contributed by atoms with E-state index in [1.807, 2.05) is 19.9 Å². The van der Waals surface area contributed by atoms with Crippen molar-refractivity contribution in [3.05, 3.63) is 44.6 Å². The second kappa shape index (κ2) is 11.0. The maximum absolute atomic E-state index is 13.0. The predicted octanol–water partition coefficient (Wildman–Crippen LogP) is 0.713. The zero-order valence-corrected chi connectivity index (χ0v) is 18.5. The molecule has 2 aromatic rings. The molecule has 0 bridgehead atoms. The van der Waals surface area contributed by atoms with Crippen LogP contribution in [-0.2, 0) is 16.1 Å². The molecule has 0 aliphatic carbocycles. The van der Waals surface area contributed by atoms with E-state index in [9.17, 15) is 14.4 Å². The summed E-state index contributed by atoms with van der Waals surface area (Å²) in [6.45, 7) is 3.73. The highest BCUT2D eigenvalue weighted by molar-refractivity contribution is 5.96. The number of nitriles is 1. The molecule has 0 atom stereocenters. The summed E-state index contributed by atoms with van der Waals surface area (Å²) in [5.41, 5.74) is 4.93. The number of hydrogen-bond acceptors (Lipinski definition) is 8. The Hall–Kier alpha value is -3.78. The van der Waals surface area contributed by atoms with Gasteiger partial charge in [0.05, 0.1) is 25.3 Å². The van der Waals surface area contributed by atoms with Crippen LogP contribution in [-0.4, -0.2) is 49.4 Å². The zero-order valence-electron chi connectivity index (χ0n) is 18.5. The number of anilines is 2. The normalized spacial score (nSPS) is 10.6. The Bertz CT molecular complexity index is 1120. The van der Waals surface area contributed by atoms with Gasteiger partial charge in [0.25, 0.3) is 11.5 Å². The smallest absolute Gasteiger partial charge is 0.330 e. The van der Waals surface area contributed by atoms with Gasteiger partial charge in [-0.1, -0.05) is 13.8 Å². The molecule has 172 valence electrons. The van der Waals surface area contributed by atoms with Crippen LogP contribution in [0.3, 0.4) is 0 Å². The largest absolute Gasteiger partial charge is 0.493 e. The lowest BCUT2D eigenvalue weighted by atomic mass is 10.2. The van der Waals surface area contributed by atoms with Crippen molar-refractivity contribution in [3.8, 4) is 17.6 Å². The Morgan fingerprint density at radius 3 is 2.59 bits per heavy atom. The third-order valence-electron chi connectivity index (χ3n) is 4.50. The molecule has 0 fully saturated rings. The number of nitrogens with one attached hydrogen (secondary N) is 1. The van der Waals surface area contributed by atoms with E-state index < -0.39 is 23.8 Å². The lowest BCUT2D eigenvalue weighted by Crippen LogP contribution is -2.44. The highest BCUT2D eigenvalue weighted by Gasteiger charge is 2.25. The molecule has 3 N–H and O–H groups in total. The first-order valence-corrected chi connectivity index (χ1v) is 9.86. The van der Waals surface area contributed by atoms with Crippen molar-refractivity contribution in [2.24, 2.45) is 5.92 Å². The first kappa shape index (κ1) is 24.5. The maximum Gasteiger partial charge on any atom is 0.330 e. The number of nitrogen functional groups attached to an aromatic ring is 1. The zero-order chi connectivity index (χ0) is 23.8. The first-order valence-electron chi connectivity index (χ1n) is 9.86. The number of nitrogens with zero attached hydrogens (tertiary/aromatic N) is 3. The first-order chi connectivity index (χ1) is 15.2. The van der Waals surface area contributed by atoms with Gasteiger partial charge < -0.3 is 19.9 Å². The number of H-pyrrole nitrogens is 1. The monoisotopic (exact) mass is 445 g/mol. The van der Waals surface area contributed by atoms with Crippen molar-refractivity contribution in [2.75, 3.05) is 44.6 Å². The van der Waals surface area contributed by atoms with Crippen molar-refractivity contribution < 1.29 is 19.0 Å². The van der Waals surface area contributed by atoms with Gasteiger partial charge in [-0.25, -0.2) is 4.79 Å². The second-order valence-electron chi connectivity index (χ2n) is 7.30. The lowest BCUT2D eigenvalue weighted by molar-refractivity contribution is -0.120. The maximum atomic E-state index is 13.0. The van der Waals surface area contributed by atoms with E-state index in [2.05, 4.69) is 4.98 Å². The number of aromatic amines is 1. The number of ether oxygens (including phenoxy) is 3. The van der Waals surface area contributed by atoms with E-state index in [0.29, 0.717) is 5.56 Å². The molecule has 1 amide bonds. The number of methoxy groups -OCH3 is 2. The highest BCUT2D eigenvalue weighted by Crippen LogP contribution is 2.28. The minimum Gasteiger partial charge on any atom is -0.493 e. The van der Waals surface area contributed by atoms with E-state index in [1.54, 1.807) is 0 Å². The number of nitrogens with two attached hydrogens (primary N) is 1. The summed E-state index contributed by atoms with van der Waals surface area (Å²) >= 11 is 0. The number of amides is 1. The summed E-state index contributed by atoms with van der Waals surface area (Å²) in [6, 6.07) is 6.50. The predicted molar refractivity (Wildman–Crippen MR) is 118 cm³/mol. The van der Waals surface area contributed by atoms with Gasteiger partial charge in [0.15, 0.2) is 23.8 Å². The average Bonchev–Trinajstić information content (AvgIpc) is 2.76.